The largest absolute Gasteiger partial charge is 0.374 e. The van der Waals surface area contributed by atoms with Crippen molar-refractivity contribution in [3.05, 3.63) is 0 Å². The molecule has 0 aliphatic carbocycles. The summed E-state index contributed by atoms with van der Waals surface area (Å²) in [6, 6.07) is 2.37. The van der Waals surface area contributed by atoms with Crippen LogP contribution in [-0.4, -0.2) is 34.7 Å². The molecule has 3 heteroatoms. The van der Waals surface area contributed by atoms with Gasteiger partial charge in [-0.05, 0) is 13.8 Å². The Kier molecular flexibility index (Phi) is 2.17. The maximum absolute atomic E-state index is 9.52. The normalized spacial score (nSPS) is 32.6. The van der Waals surface area contributed by atoms with Gasteiger partial charge < -0.3 is 5.11 Å². The van der Waals surface area contributed by atoms with E-state index >= 15 is 0 Å². The van der Waals surface area contributed by atoms with Crippen LogP contribution >= 0.6 is 0 Å². The number of hydrogen-bond acceptors (Lipinski definition) is 3. The molecular formula is C8H14N2O. The van der Waals surface area contributed by atoms with Crippen molar-refractivity contribution in [1.29, 1.82) is 5.26 Å². The van der Waals surface area contributed by atoms with Gasteiger partial charge in [0, 0.05) is 25.6 Å². The van der Waals surface area contributed by atoms with E-state index in [-0.39, 0.29) is 0 Å². The first kappa shape index (κ1) is 8.51. The van der Waals surface area contributed by atoms with Gasteiger partial charge in [0.1, 0.15) is 0 Å². The first-order chi connectivity index (χ1) is 5.07. The van der Waals surface area contributed by atoms with Crippen LogP contribution in [0.15, 0.2) is 0 Å². The molecule has 1 N–H and O–H groups in total. The lowest BCUT2D eigenvalue weighted by molar-refractivity contribution is 0.101. The number of β-amino-alcohol motifs (C(OH)–C–C–N with tert-alkyl or cyclic N) is 1. The topological polar surface area (TPSA) is 47.3 Å². The van der Waals surface area contributed by atoms with Crippen molar-refractivity contribution in [2.45, 2.75) is 31.9 Å². The van der Waals surface area contributed by atoms with Gasteiger partial charge in [0.25, 0.3) is 0 Å². The molecular weight excluding hydrogens is 140 g/mol. The van der Waals surface area contributed by atoms with Crippen molar-refractivity contribution < 1.29 is 5.11 Å². The van der Waals surface area contributed by atoms with Gasteiger partial charge in [-0.1, -0.05) is 0 Å². The fourth-order valence-corrected chi connectivity index (χ4v) is 1.35. The smallest absolute Gasteiger partial charge is 0.164 e. The SMILES string of the molecule is CC(C)N1CCC(O)(C#N)C1. The van der Waals surface area contributed by atoms with Gasteiger partial charge in [-0.2, -0.15) is 5.26 Å². The molecule has 0 aromatic heterocycles. The summed E-state index contributed by atoms with van der Waals surface area (Å²) in [4.78, 5) is 2.11. The Balaban J connectivity index is 2.55. The van der Waals surface area contributed by atoms with Crippen LogP contribution in [0.3, 0.4) is 0 Å². The Hall–Kier alpha value is -0.590. The fourth-order valence-electron chi connectivity index (χ4n) is 1.35. The summed E-state index contributed by atoms with van der Waals surface area (Å²) < 4.78 is 0. The average Bonchev–Trinajstić information content (AvgIpc) is 2.33. The van der Waals surface area contributed by atoms with E-state index in [0.717, 1.165) is 6.54 Å². The third-order valence-electron chi connectivity index (χ3n) is 2.22. The van der Waals surface area contributed by atoms with Crippen LogP contribution in [0.4, 0.5) is 0 Å². The predicted molar refractivity (Wildman–Crippen MR) is 41.9 cm³/mol. The quantitative estimate of drug-likeness (QED) is 0.554. The second-order valence-corrected chi connectivity index (χ2v) is 3.46. The van der Waals surface area contributed by atoms with E-state index in [1.165, 1.54) is 0 Å². The number of rotatable bonds is 1. The van der Waals surface area contributed by atoms with Gasteiger partial charge >= 0.3 is 0 Å². The number of likely N-dealkylation sites (tertiary alicyclic amines) is 1. The first-order valence-corrected chi connectivity index (χ1v) is 3.95. The Labute approximate surface area is 67.2 Å². The molecule has 1 aliphatic rings. The number of nitrogens with zero attached hydrogens (tertiary/aromatic N) is 2. The van der Waals surface area contributed by atoms with E-state index in [9.17, 15) is 5.11 Å². The highest BCUT2D eigenvalue weighted by molar-refractivity contribution is 5.06. The van der Waals surface area contributed by atoms with Crippen molar-refractivity contribution in [1.82, 2.24) is 4.90 Å². The second-order valence-electron chi connectivity index (χ2n) is 3.46. The average molecular weight is 154 g/mol. The summed E-state index contributed by atoms with van der Waals surface area (Å²) in [7, 11) is 0. The zero-order valence-corrected chi connectivity index (χ0v) is 7.04. The third-order valence-corrected chi connectivity index (χ3v) is 2.22. The lowest BCUT2D eigenvalue weighted by atomic mass is 10.1. The van der Waals surface area contributed by atoms with Gasteiger partial charge in [0.2, 0.25) is 0 Å². The summed E-state index contributed by atoms with van der Waals surface area (Å²) in [5, 5.41) is 18.1. The Morgan fingerprint density at radius 3 is 2.55 bits per heavy atom. The summed E-state index contributed by atoms with van der Waals surface area (Å²) in [6.07, 6.45) is 0.585. The van der Waals surface area contributed by atoms with E-state index in [1.807, 2.05) is 6.07 Å². The molecule has 1 heterocycles. The minimum atomic E-state index is -1.08. The van der Waals surface area contributed by atoms with Crippen LogP contribution in [0.25, 0.3) is 0 Å². The van der Waals surface area contributed by atoms with Crippen LogP contribution in [0.5, 0.6) is 0 Å². The van der Waals surface area contributed by atoms with Gasteiger partial charge in [-0.3, -0.25) is 4.90 Å². The lowest BCUT2D eigenvalue weighted by Crippen LogP contribution is -2.34. The van der Waals surface area contributed by atoms with E-state index in [4.69, 9.17) is 5.26 Å². The standard InChI is InChI=1S/C8H14N2O/c1-7(2)10-4-3-8(11,5-9)6-10/h7,11H,3-4,6H2,1-2H3. The molecule has 1 aliphatic heterocycles. The zero-order valence-electron chi connectivity index (χ0n) is 7.04. The van der Waals surface area contributed by atoms with Crippen molar-refractivity contribution in [2.75, 3.05) is 13.1 Å². The predicted octanol–water partition coefficient (Wildman–Crippen LogP) is 0.355. The van der Waals surface area contributed by atoms with Gasteiger partial charge in [0.05, 0.1) is 6.07 Å². The zero-order chi connectivity index (χ0) is 8.48. The molecule has 0 amide bonds. The van der Waals surface area contributed by atoms with Crippen molar-refractivity contribution >= 4 is 0 Å². The van der Waals surface area contributed by atoms with Crippen molar-refractivity contribution in [2.24, 2.45) is 0 Å². The molecule has 0 radical (unpaired) electrons. The number of aliphatic hydroxyl groups is 1. The minimum absolute atomic E-state index is 0.428. The molecule has 0 spiro atoms. The summed E-state index contributed by atoms with van der Waals surface area (Å²) in [6.45, 7) is 5.48. The van der Waals surface area contributed by atoms with Crippen LogP contribution in [0, 0.1) is 11.3 Å². The molecule has 0 aromatic carbocycles. The molecule has 1 unspecified atom stereocenters. The molecule has 1 fully saturated rings. The van der Waals surface area contributed by atoms with Gasteiger partial charge in [0.15, 0.2) is 5.60 Å². The van der Waals surface area contributed by atoms with Crippen LogP contribution < -0.4 is 0 Å². The van der Waals surface area contributed by atoms with Gasteiger partial charge in [-0.15, -0.1) is 0 Å². The highest BCUT2D eigenvalue weighted by Gasteiger charge is 2.36. The van der Waals surface area contributed by atoms with E-state index in [1.54, 1.807) is 0 Å². The summed E-state index contributed by atoms with van der Waals surface area (Å²) >= 11 is 0. The molecule has 1 rings (SSSR count). The minimum Gasteiger partial charge on any atom is -0.374 e. The number of hydrogen-bond donors (Lipinski definition) is 1. The summed E-state index contributed by atoms with van der Waals surface area (Å²) in [5.41, 5.74) is -1.08. The van der Waals surface area contributed by atoms with E-state index < -0.39 is 5.60 Å². The Morgan fingerprint density at radius 1 is 1.64 bits per heavy atom. The highest BCUT2D eigenvalue weighted by Crippen LogP contribution is 2.21. The molecule has 1 atom stereocenters. The summed E-state index contributed by atoms with van der Waals surface area (Å²) in [5.74, 6) is 0. The van der Waals surface area contributed by atoms with Crippen molar-refractivity contribution in [3.8, 4) is 6.07 Å². The van der Waals surface area contributed by atoms with Crippen molar-refractivity contribution in [3.63, 3.8) is 0 Å². The fraction of sp³-hybridized carbons (Fsp3) is 0.875. The molecule has 3 nitrogen and oxygen atoms in total. The molecule has 0 aromatic rings. The Morgan fingerprint density at radius 2 is 2.27 bits per heavy atom. The van der Waals surface area contributed by atoms with E-state index in [2.05, 4.69) is 18.7 Å². The van der Waals surface area contributed by atoms with E-state index in [0.29, 0.717) is 19.0 Å². The first-order valence-electron chi connectivity index (χ1n) is 3.95. The Bertz CT molecular complexity index is 185. The number of nitriles is 1. The highest BCUT2D eigenvalue weighted by atomic mass is 16.3. The van der Waals surface area contributed by atoms with Crippen LogP contribution in [-0.2, 0) is 0 Å². The monoisotopic (exact) mass is 154 g/mol. The molecule has 11 heavy (non-hydrogen) atoms. The van der Waals surface area contributed by atoms with Crippen LogP contribution in [0.2, 0.25) is 0 Å². The molecule has 0 saturated carbocycles. The maximum atomic E-state index is 9.52. The lowest BCUT2D eigenvalue weighted by Gasteiger charge is -2.20. The second kappa shape index (κ2) is 2.80. The third kappa shape index (κ3) is 1.70. The molecule has 0 bridgehead atoms. The molecule has 1 saturated heterocycles. The van der Waals surface area contributed by atoms with Crippen LogP contribution in [0.1, 0.15) is 20.3 Å². The maximum Gasteiger partial charge on any atom is 0.164 e. The van der Waals surface area contributed by atoms with Gasteiger partial charge in [-0.25, -0.2) is 0 Å². The molecule has 62 valence electrons.